The van der Waals surface area contributed by atoms with Crippen molar-refractivity contribution < 1.29 is 9.59 Å². The van der Waals surface area contributed by atoms with Crippen LogP contribution in [0.25, 0.3) is 0 Å². The minimum Gasteiger partial charge on any atom is -0.356 e. The number of aryl methyl sites for hydroxylation is 1. The Balaban J connectivity index is 1.62. The van der Waals surface area contributed by atoms with Gasteiger partial charge in [-0.15, -0.1) is 0 Å². The number of hydrogen-bond donors (Lipinski definition) is 1. The first kappa shape index (κ1) is 15.5. The molecule has 1 N–H and O–H groups in total. The van der Waals surface area contributed by atoms with Crippen LogP contribution in [0.4, 0.5) is 0 Å². The summed E-state index contributed by atoms with van der Waals surface area (Å²) < 4.78 is 0. The second-order valence-electron chi connectivity index (χ2n) is 5.74. The van der Waals surface area contributed by atoms with Gasteiger partial charge in [0.2, 0.25) is 11.8 Å². The number of hydrogen-bond acceptors (Lipinski definition) is 2. The molecule has 0 saturated carbocycles. The van der Waals surface area contributed by atoms with Crippen LogP contribution >= 0.6 is 0 Å². The smallest absolute Gasteiger partial charge is 0.220 e. The average molecular weight is 288 g/mol. The van der Waals surface area contributed by atoms with Crippen LogP contribution in [0.3, 0.4) is 0 Å². The Labute approximate surface area is 126 Å². The van der Waals surface area contributed by atoms with Gasteiger partial charge in [0.05, 0.1) is 0 Å². The van der Waals surface area contributed by atoms with Gasteiger partial charge in [0, 0.05) is 33.0 Å². The van der Waals surface area contributed by atoms with Crippen molar-refractivity contribution in [3.05, 3.63) is 35.9 Å². The monoisotopic (exact) mass is 288 g/mol. The minimum absolute atomic E-state index is 0.118. The summed E-state index contributed by atoms with van der Waals surface area (Å²) in [7, 11) is 0. The molecule has 1 aromatic carbocycles. The van der Waals surface area contributed by atoms with Gasteiger partial charge in [0.25, 0.3) is 0 Å². The summed E-state index contributed by atoms with van der Waals surface area (Å²) in [6.45, 7) is 3.99. The summed E-state index contributed by atoms with van der Waals surface area (Å²) in [5.74, 6) is 0.773. The third kappa shape index (κ3) is 5.21. The Bertz CT molecular complexity index is 465. The van der Waals surface area contributed by atoms with Gasteiger partial charge in [-0.1, -0.05) is 30.3 Å². The van der Waals surface area contributed by atoms with Crippen LogP contribution in [0, 0.1) is 5.92 Å². The number of likely N-dealkylation sites (tertiary alicyclic amines) is 1. The molecule has 0 atom stereocenters. The molecule has 2 amide bonds. The van der Waals surface area contributed by atoms with E-state index in [0.29, 0.717) is 12.3 Å². The van der Waals surface area contributed by atoms with Crippen molar-refractivity contribution in [1.82, 2.24) is 10.2 Å². The fraction of sp³-hybridized carbons (Fsp3) is 0.529. The highest BCUT2D eigenvalue weighted by Gasteiger charge is 2.20. The molecule has 0 unspecified atom stereocenters. The number of amides is 2. The first-order chi connectivity index (χ1) is 10.1. The number of carbonyl (C=O) groups is 2. The van der Waals surface area contributed by atoms with Crippen LogP contribution in [-0.2, 0) is 16.0 Å². The summed E-state index contributed by atoms with van der Waals surface area (Å²) in [6.07, 6.45) is 3.29. The van der Waals surface area contributed by atoms with Gasteiger partial charge >= 0.3 is 0 Å². The third-order valence-electron chi connectivity index (χ3n) is 4.13. The SMILES string of the molecule is CC(=O)N1CCC(CNC(=O)CCc2ccccc2)CC1. The summed E-state index contributed by atoms with van der Waals surface area (Å²) in [4.78, 5) is 25.0. The van der Waals surface area contributed by atoms with E-state index in [4.69, 9.17) is 0 Å². The molecule has 1 aliphatic heterocycles. The summed E-state index contributed by atoms with van der Waals surface area (Å²) in [5, 5.41) is 3.02. The lowest BCUT2D eigenvalue weighted by atomic mass is 9.96. The van der Waals surface area contributed by atoms with Gasteiger partial charge < -0.3 is 10.2 Å². The van der Waals surface area contributed by atoms with E-state index in [1.54, 1.807) is 6.92 Å². The largest absolute Gasteiger partial charge is 0.356 e. The molecule has 4 heteroatoms. The van der Waals surface area contributed by atoms with E-state index in [1.807, 2.05) is 35.2 Å². The first-order valence-electron chi connectivity index (χ1n) is 7.71. The molecular formula is C17H24N2O2. The normalized spacial score (nSPS) is 15.8. The standard InChI is InChI=1S/C17H24N2O2/c1-14(20)19-11-9-16(10-12-19)13-18-17(21)8-7-15-5-3-2-4-6-15/h2-6,16H,7-13H2,1H3,(H,18,21). The van der Waals surface area contributed by atoms with Crippen molar-refractivity contribution in [3.8, 4) is 0 Å². The van der Waals surface area contributed by atoms with Crippen LogP contribution in [0.1, 0.15) is 31.7 Å². The Morgan fingerprint density at radius 2 is 1.86 bits per heavy atom. The van der Waals surface area contributed by atoms with E-state index in [0.717, 1.165) is 38.9 Å². The molecule has 114 valence electrons. The quantitative estimate of drug-likeness (QED) is 0.901. The molecule has 1 saturated heterocycles. The zero-order chi connectivity index (χ0) is 15.1. The Morgan fingerprint density at radius 3 is 2.48 bits per heavy atom. The summed E-state index contributed by atoms with van der Waals surface area (Å²) in [6, 6.07) is 10.1. The molecule has 1 heterocycles. The maximum atomic E-state index is 11.9. The summed E-state index contributed by atoms with van der Waals surface area (Å²) in [5.41, 5.74) is 1.20. The maximum Gasteiger partial charge on any atom is 0.220 e. The van der Waals surface area contributed by atoms with Gasteiger partial charge in [-0.25, -0.2) is 0 Å². The van der Waals surface area contributed by atoms with Crippen molar-refractivity contribution >= 4 is 11.8 Å². The maximum absolute atomic E-state index is 11.9. The Hall–Kier alpha value is -1.84. The Morgan fingerprint density at radius 1 is 1.19 bits per heavy atom. The van der Waals surface area contributed by atoms with Gasteiger partial charge in [0.1, 0.15) is 0 Å². The van der Waals surface area contributed by atoms with Crippen molar-refractivity contribution in [2.24, 2.45) is 5.92 Å². The van der Waals surface area contributed by atoms with E-state index in [9.17, 15) is 9.59 Å². The molecule has 0 spiro atoms. The van der Waals surface area contributed by atoms with Crippen LogP contribution in [-0.4, -0.2) is 36.3 Å². The third-order valence-corrected chi connectivity index (χ3v) is 4.13. The van der Waals surface area contributed by atoms with Gasteiger partial charge in [-0.05, 0) is 30.7 Å². The molecule has 0 bridgehead atoms. The highest BCUT2D eigenvalue weighted by molar-refractivity contribution is 5.76. The van der Waals surface area contributed by atoms with E-state index >= 15 is 0 Å². The number of piperidine rings is 1. The lowest BCUT2D eigenvalue weighted by Crippen LogP contribution is -2.40. The molecule has 1 aliphatic rings. The highest BCUT2D eigenvalue weighted by atomic mass is 16.2. The zero-order valence-corrected chi connectivity index (χ0v) is 12.7. The second-order valence-corrected chi connectivity index (χ2v) is 5.74. The van der Waals surface area contributed by atoms with Gasteiger partial charge in [-0.3, -0.25) is 9.59 Å². The molecule has 2 rings (SSSR count). The van der Waals surface area contributed by atoms with Crippen LogP contribution in [0.2, 0.25) is 0 Å². The molecule has 0 aromatic heterocycles. The van der Waals surface area contributed by atoms with Crippen molar-refractivity contribution in [1.29, 1.82) is 0 Å². The topological polar surface area (TPSA) is 49.4 Å². The Kier molecular flexibility index (Phi) is 5.78. The fourth-order valence-electron chi connectivity index (χ4n) is 2.70. The fourth-order valence-corrected chi connectivity index (χ4v) is 2.70. The minimum atomic E-state index is 0.118. The van der Waals surface area contributed by atoms with E-state index in [1.165, 1.54) is 5.56 Å². The number of nitrogens with one attached hydrogen (secondary N) is 1. The molecule has 0 radical (unpaired) electrons. The van der Waals surface area contributed by atoms with Crippen LogP contribution < -0.4 is 5.32 Å². The zero-order valence-electron chi connectivity index (χ0n) is 12.7. The van der Waals surface area contributed by atoms with E-state index in [-0.39, 0.29) is 11.8 Å². The van der Waals surface area contributed by atoms with Gasteiger partial charge in [-0.2, -0.15) is 0 Å². The lowest BCUT2D eigenvalue weighted by Gasteiger charge is -2.31. The molecule has 21 heavy (non-hydrogen) atoms. The van der Waals surface area contributed by atoms with E-state index in [2.05, 4.69) is 5.32 Å². The molecular weight excluding hydrogens is 264 g/mol. The highest BCUT2D eigenvalue weighted by Crippen LogP contribution is 2.16. The molecule has 1 fully saturated rings. The number of rotatable bonds is 5. The molecule has 1 aromatic rings. The van der Waals surface area contributed by atoms with E-state index < -0.39 is 0 Å². The predicted octanol–water partition coefficient (Wildman–Crippen LogP) is 1.99. The average Bonchev–Trinajstić information content (AvgIpc) is 2.52. The summed E-state index contributed by atoms with van der Waals surface area (Å²) >= 11 is 0. The van der Waals surface area contributed by atoms with Crippen molar-refractivity contribution in [2.75, 3.05) is 19.6 Å². The predicted molar refractivity (Wildman–Crippen MR) is 82.8 cm³/mol. The number of benzene rings is 1. The number of nitrogens with zero attached hydrogens (tertiary/aromatic N) is 1. The van der Waals surface area contributed by atoms with Gasteiger partial charge in [0.15, 0.2) is 0 Å². The van der Waals surface area contributed by atoms with Crippen LogP contribution in [0.5, 0.6) is 0 Å². The molecule has 4 nitrogen and oxygen atoms in total. The second kappa shape index (κ2) is 7.81. The van der Waals surface area contributed by atoms with Crippen molar-refractivity contribution in [3.63, 3.8) is 0 Å². The molecule has 0 aliphatic carbocycles. The van der Waals surface area contributed by atoms with Crippen molar-refractivity contribution in [2.45, 2.75) is 32.6 Å². The lowest BCUT2D eigenvalue weighted by molar-refractivity contribution is -0.130. The number of carbonyl (C=O) groups excluding carboxylic acids is 2. The van der Waals surface area contributed by atoms with Crippen LogP contribution in [0.15, 0.2) is 30.3 Å². The first-order valence-corrected chi connectivity index (χ1v) is 7.71.